The fraction of sp³-hybridized carbons (Fsp3) is 0.455. The maximum atomic E-state index is 12.1. The standard InChI is InChI=1S/C11H13N3O4/c1-14(9-6-18-5-8(9)11(16)17)10(15)7-2-3-12-13-4-7/h2-4,8-9H,5-6H2,1H3,(H,16,17). The highest BCUT2D eigenvalue weighted by atomic mass is 16.5. The summed E-state index contributed by atoms with van der Waals surface area (Å²) in [5.74, 6) is -1.93. The summed E-state index contributed by atoms with van der Waals surface area (Å²) in [6.07, 6.45) is 2.77. The van der Waals surface area contributed by atoms with Crippen LogP contribution in [0.15, 0.2) is 18.5 Å². The molecule has 2 heterocycles. The van der Waals surface area contributed by atoms with E-state index in [4.69, 9.17) is 9.84 Å². The van der Waals surface area contributed by atoms with Crippen LogP contribution in [0.3, 0.4) is 0 Å². The number of ether oxygens (including phenoxy) is 1. The SMILES string of the molecule is CN(C(=O)c1ccnnc1)C1COCC1C(=O)O. The molecule has 1 amide bonds. The number of hydrogen-bond donors (Lipinski definition) is 1. The molecule has 1 aliphatic heterocycles. The number of hydrogen-bond acceptors (Lipinski definition) is 5. The zero-order chi connectivity index (χ0) is 13.1. The average Bonchev–Trinajstić information content (AvgIpc) is 2.87. The van der Waals surface area contributed by atoms with Gasteiger partial charge in [0.15, 0.2) is 0 Å². The lowest BCUT2D eigenvalue weighted by molar-refractivity contribution is -0.142. The molecule has 0 saturated carbocycles. The van der Waals surface area contributed by atoms with Crippen molar-refractivity contribution in [2.75, 3.05) is 20.3 Å². The molecule has 7 heteroatoms. The van der Waals surface area contributed by atoms with Crippen molar-refractivity contribution in [1.82, 2.24) is 15.1 Å². The second-order valence-electron chi connectivity index (χ2n) is 4.10. The smallest absolute Gasteiger partial charge is 0.311 e. The molecule has 2 unspecified atom stereocenters. The Bertz CT molecular complexity index is 451. The van der Waals surface area contributed by atoms with Crippen LogP contribution < -0.4 is 0 Å². The molecular formula is C11H13N3O4. The van der Waals surface area contributed by atoms with Crippen molar-refractivity contribution in [3.63, 3.8) is 0 Å². The van der Waals surface area contributed by atoms with E-state index in [-0.39, 0.29) is 19.1 Å². The molecule has 1 aromatic heterocycles. The van der Waals surface area contributed by atoms with Gasteiger partial charge in [-0.3, -0.25) is 9.59 Å². The van der Waals surface area contributed by atoms with Crippen molar-refractivity contribution in [2.24, 2.45) is 5.92 Å². The summed E-state index contributed by atoms with van der Waals surface area (Å²) < 4.78 is 5.14. The van der Waals surface area contributed by atoms with E-state index in [9.17, 15) is 9.59 Å². The Kier molecular flexibility index (Phi) is 3.52. The van der Waals surface area contributed by atoms with Gasteiger partial charge in [0.05, 0.1) is 37.2 Å². The van der Waals surface area contributed by atoms with Crippen LogP contribution >= 0.6 is 0 Å². The molecule has 1 N–H and O–H groups in total. The van der Waals surface area contributed by atoms with Crippen LogP contribution in [-0.2, 0) is 9.53 Å². The predicted molar refractivity (Wildman–Crippen MR) is 59.9 cm³/mol. The molecule has 0 spiro atoms. The van der Waals surface area contributed by atoms with Crippen LogP contribution in [0.5, 0.6) is 0 Å². The molecule has 96 valence electrons. The fourth-order valence-corrected chi connectivity index (χ4v) is 1.93. The number of carbonyl (C=O) groups is 2. The van der Waals surface area contributed by atoms with Gasteiger partial charge in [0.2, 0.25) is 0 Å². The second kappa shape index (κ2) is 5.09. The van der Waals surface area contributed by atoms with Gasteiger partial charge in [-0.25, -0.2) is 0 Å². The van der Waals surface area contributed by atoms with E-state index in [1.807, 2.05) is 0 Å². The van der Waals surface area contributed by atoms with Gasteiger partial charge in [-0.15, -0.1) is 0 Å². The Morgan fingerprint density at radius 2 is 2.22 bits per heavy atom. The van der Waals surface area contributed by atoms with Gasteiger partial charge in [0.25, 0.3) is 5.91 Å². The van der Waals surface area contributed by atoms with E-state index in [1.54, 1.807) is 7.05 Å². The molecule has 1 fully saturated rings. The van der Waals surface area contributed by atoms with Gasteiger partial charge in [-0.2, -0.15) is 10.2 Å². The molecule has 0 radical (unpaired) electrons. The first-order valence-corrected chi connectivity index (χ1v) is 5.45. The maximum Gasteiger partial charge on any atom is 0.311 e. The van der Waals surface area contributed by atoms with Crippen molar-refractivity contribution in [1.29, 1.82) is 0 Å². The number of nitrogens with zero attached hydrogens (tertiary/aromatic N) is 3. The van der Waals surface area contributed by atoms with E-state index < -0.39 is 17.9 Å². The number of likely N-dealkylation sites (N-methyl/N-ethyl adjacent to an activating group) is 1. The Labute approximate surface area is 103 Å². The molecule has 2 atom stereocenters. The minimum atomic E-state index is -0.954. The number of rotatable bonds is 3. The van der Waals surface area contributed by atoms with Crippen LogP contribution in [0.1, 0.15) is 10.4 Å². The molecule has 2 rings (SSSR count). The molecule has 0 bridgehead atoms. The van der Waals surface area contributed by atoms with Crippen molar-refractivity contribution < 1.29 is 19.4 Å². The third kappa shape index (κ3) is 2.30. The predicted octanol–water partition coefficient (Wildman–Crippen LogP) is -0.352. The zero-order valence-corrected chi connectivity index (χ0v) is 9.81. The Hall–Kier alpha value is -2.02. The highest BCUT2D eigenvalue weighted by molar-refractivity contribution is 5.94. The Balaban J connectivity index is 2.14. The largest absolute Gasteiger partial charge is 0.481 e. The number of aliphatic carboxylic acids is 1. The summed E-state index contributed by atoms with van der Waals surface area (Å²) in [7, 11) is 1.57. The van der Waals surface area contributed by atoms with Crippen LogP contribution in [0.2, 0.25) is 0 Å². The van der Waals surface area contributed by atoms with Gasteiger partial charge in [0, 0.05) is 7.05 Å². The van der Waals surface area contributed by atoms with Crippen LogP contribution in [0, 0.1) is 5.92 Å². The first-order valence-electron chi connectivity index (χ1n) is 5.45. The van der Waals surface area contributed by atoms with Gasteiger partial charge in [-0.05, 0) is 6.07 Å². The molecular weight excluding hydrogens is 238 g/mol. The Morgan fingerprint density at radius 3 is 2.83 bits per heavy atom. The van der Waals surface area contributed by atoms with Crippen molar-refractivity contribution >= 4 is 11.9 Å². The van der Waals surface area contributed by atoms with Crippen molar-refractivity contribution in [3.05, 3.63) is 24.0 Å². The van der Waals surface area contributed by atoms with E-state index in [0.717, 1.165) is 0 Å². The van der Waals surface area contributed by atoms with E-state index in [2.05, 4.69) is 10.2 Å². The van der Waals surface area contributed by atoms with Gasteiger partial charge >= 0.3 is 5.97 Å². The number of amides is 1. The minimum absolute atomic E-state index is 0.131. The van der Waals surface area contributed by atoms with E-state index in [1.165, 1.54) is 23.4 Å². The van der Waals surface area contributed by atoms with Gasteiger partial charge in [0.1, 0.15) is 5.92 Å². The zero-order valence-electron chi connectivity index (χ0n) is 9.81. The highest BCUT2D eigenvalue weighted by Gasteiger charge is 2.38. The van der Waals surface area contributed by atoms with E-state index >= 15 is 0 Å². The summed E-state index contributed by atoms with van der Waals surface area (Å²) in [5, 5.41) is 16.3. The molecule has 7 nitrogen and oxygen atoms in total. The molecule has 0 aromatic carbocycles. The lowest BCUT2D eigenvalue weighted by Gasteiger charge is -2.26. The van der Waals surface area contributed by atoms with Gasteiger partial charge in [-0.1, -0.05) is 0 Å². The lowest BCUT2D eigenvalue weighted by Crippen LogP contribution is -2.44. The number of carbonyl (C=O) groups excluding carboxylic acids is 1. The lowest BCUT2D eigenvalue weighted by atomic mass is 10.0. The monoisotopic (exact) mass is 251 g/mol. The number of carboxylic acids is 1. The maximum absolute atomic E-state index is 12.1. The summed E-state index contributed by atoms with van der Waals surface area (Å²) in [5.41, 5.74) is 0.378. The normalized spacial score (nSPS) is 22.7. The first-order chi connectivity index (χ1) is 8.61. The molecule has 0 aliphatic carbocycles. The first kappa shape index (κ1) is 12.4. The summed E-state index contributed by atoms with van der Waals surface area (Å²) >= 11 is 0. The molecule has 1 aliphatic rings. The number of carboxylic acid groups (broad SMARTS) is 1. The fourth-order valence-electron chi connectivity index (χ4n) is 1.93. The quantitative estimate of drug-likeness (QED) is 0.789. The third-order valence-electron chi connectivity index (χ3n) is 3.02. The summed E-state index contributed by atoms with van der Waals surface area (Å²) in [4.78, 5) is 24.5. The Morgan fingerprint density at radius 1 is 1.44 bits per heavy atom. The topological polar surface area (TPSA) is 92.6 Å². The third-order valence-corrected chi connectivity index (χ3v) is 3.02. The molecule has 1 aromatic rings. The molecule has 18 heavy (non-hydrogen) atoms. The van der Waals surface area contributed by atoms with Crippen LogP contribution in [-0.4, -0.2) is 58.4 Å². The minimum Gasteiger partial charge on any atom is -0.481 e. The molecule has 1 saturated heterocycles. The van der Waals surface area contributed by atoms with Crippen molar-refractivity contribution in [2.45, 2.75) is 6.04 Å². The second-order valence-corrected chi connectivity index (χ2v) is 4.10. The van der Waals surface area contributed by atoms with Crippen molar-refractivity contribution in [3.8, 4) is 0 Å². The van der Waals surface area contributed by atoms with Crippen LogP contribution in [0.4, 0.5) is 0 Å². The average molecular weight is 251 g/mol. The van der Waals surface area contributed by atoms with E-state index in [0.29, 0.717) is 5.56 Å². The summed E-state index contributed by atoms with van der Waals surface area (Å²) in [6, 6.07) is 1.08. The number of aromatic nitrogens is 2. The summed E-state index contributed by atoms with van der Waals surface area (Å²) in [6.45, 7) is 0.365. The van der Waals surface area contributed by atoms with Crippen LogP contribution in [0.25, 0.3) is 0 Å². The highest BCUT2D eigenvalue weighted by Crippen LogP contribution is 2.20. The van der Waals surface area contributed by atoms with Gasteiger partial charge < -0.3 is 14.7 Å².